The first-order valence-corrected chi connectivity index (χ1v) is 8.58. The zero-order chi connectivity index (χ0) is 16.7. The maximum atomic E-state index is 12.0. The molecule has 0 N–H and O–H groups in total. The number of amides is 1. The van der Waals surface area contributed by atoms with Crippen LogP contribution in [0.3, 0.4) is 0 Å². The summed E-state index contributed by atoms with van der Waals surface area (Å²) in [7, 11) is 0. The number of fused-ring (bicyclic) bond motifs is 1. The minimum absolute atomic E-state index is 0.231. The van der Waals surface area contributed by atoms with Gasteiger partial charge in [-0.25, -0.2) is 0 Å². The number of pyridine rings is 1. The normalized spacial score (nSPS) is 20.8. The van der Waals surface area contributed by atoms with Gasteiger partial charge in [-0.05, 0) is 18.9 Å². The minimum Gasteiger partial charge on any atom is -0.368 e. The molecule has 0 bridgehead atoms. The summed E-state index contributed by atoms with van der Waals surface area (Å²) < 4.78 is 0. The smallest absolute Gasteiger partial charge is 0.222 e. The fraction of sp³-hybridized carbons (Fsp3) is 0.389. The molecule has 4 rings (SSSR count). The van der Waals surface area contributed by atoms with Gasteiger partial charge in [-0.15, -0.1) is 0 Å². The van der Waals surface area contributed by atoms with Crippen molar-refractivity contribution in [3.63, 3.8) is 0 Å². The van der Waals surface area contributed by atoms with Gasteiger partial charge in [0.25, 0.3) is 0 Å². The molecule has 122 valence electrons. The number of anilines is 1. The van der Waals surface area contributed by atoms with Crippen molar-refractivity contribution in [1.82, 2.24) is 9.88 Å². The van der Waals surface area contributed by atoms with Gasteiger partial charge in [-0.3, -0.25) is 9.78 Å². The topological polar surface area (TPSA) is 60.2 Å². The molecule has 1 aromatic carbocycles. The summed E-state index contributed by atoms with van der Waals surface area (Å²) in [5.41, 5.74) is 2.16. The van der Waals surface area contributed by atoms with Gasteiger partial charge in [-0.1, -0.05) is 23.7 Å². The van der Waals surface area contributed by atoms with Crippen LogP contribution in [0.25, 0.3) is 10.9 Å². The average Bonchev–Trinajstić information content (AvgIpc) is 3.22. The Balaban J connectivity index is 1.73. The van der Waals surface area contributed by atoms with Gasteiger partial charge >= 0.3 is 0 Å². The highest BCUT2D eigenvalue weighted by Crippen LogP contribution is 2.35. The monoisotopic (exact) mass is 340 g/mol. The Morgan fingerprint density at radius 2 is 2.21 bits per heavy atom. The van der Waals surface area contributed by atoms with E-state index in [9.17, 15) is 10.1 Å². The van der Waals surface area contributed by atoms with Gasteiger partial charge in [-0.2, -0.15) is 5.26 Å². The van der Waals surface area contributed by atoms with Crippen molar-refractivity contribution in [2.24, 2.45) is 0 Å². The number of halogens is 1. The molecule has 1 aromatic heterocycles. The number of carbonyl (C=O) groups is 1. The van der Waals surface area contributed by atoms with Gasteiger partial charge in [0.05, 0.1) is 27.8 Å². The highest BCUT2D eigenvalue weighted by atomic mass is 35.5. The molecule has 2 fully saturated rings. The second-order valence-electron chi connectivity index (χ2n) is 6.35. The lowest BCUT2D eigenvalue weighted by Crippen LogP contribution is -2.38. The van der Waals surface area contributed by atoms with Crippen LogP contribution in [-0.4, -0.2) is 41.5 Å². The van der Waals surface area contributed by atoms with Crippen LogP contribution in [0.5, 0.6) is 0 Å². The second-order valence-corrected chi connectivity index (χ2v) is 6.75. The molecular formula is C18H17ClN4O. The van der Waals surface area contributed by atoms with Crippen LogP contribution >= 0.6 is 11.6 Å². The largest absolute Gasteiger partial charge is 0.368 e. The highest BCUT2D eigenvalue weighted by molar-refractivity contribution is 6.35. The molecule has 2 aliphatic heterocycles. The maximum Gasteiger partial charge on any atom is 0.222 e. The summed E-state index contributed by atoms with van der Waals surface area (Å²) >= 11 is 6.27. The molecular weight excluding hydrogens is 324 g/mol. The van der Waals surface area contributed by atoms with E-state index in [1.54, 1.807) is 6.20 Å². The predicted octanol–water partition coefficient (Wildman–Crippen LogP) is 2.96. The van der Waals surface area contributed by atoms with E-state index in [1.807, 2.05) is 23.1 Å². The number of para-hydroxylation sites is 1. The first-order valence-electron chi connectivity index (χ1n) is 8.21. The molecule has 2 saturated heterocycles. The summed E-state index contributed by atoms with van der Waals surface area (Å²) in [5.74, 6) is 0.255. The number of rotatable bonds is 2. The highest BCUT2D eigenvalue weighted by Gasteiger charge is 2.34. The van der Waals surface area contributed by atoms with Crippen LogP contribution in [0, 0.1) is 11.3 Å². The standard InChI is InChI=1S/C18H17ClN4O/c19-15-4-1-3-14-17(15)21-10-12(9-20)18(14)22-8-6-13(11-22)23-7-2-5-16(23)24/h1,3-4,10,13H,2,5-8,11H2. The lowest BCUT2D eigenvalue weighted by molar-refractivity contribution is -0.129. The lowest BCUT2D eigenvalue weighted by atomic mass is 10.1. The number of carbonyl (C=O) groups excluding carboxylic acids is 1. The molecule has 24 heavy (non-hydrogen) atoms. The molecule has 0 saturated carbocycles. The van der Waals surface area contributed by atoms with Gasteiger partial charge in [0.15, 0.2) is 0 Å². The van der Waals surface area contributed by atoms with Crippen LogP contribution < -0.4 is 4.90 Å². The van der Waals surface area contributed by atoms with Crippen LogP contribution in [0.15, 0.2) is 24.4 Å². The molecule has 1 atom stereocenters. The van der Waals surface area contributed by atoms with E-state index < -0.39 is 0 Å². The summed E-state index contributed by atoms with van der Waals surface area (Å²) in [6.45, 7) is 2.44. The molecule has 0 spiro atoms. The third kappa shape index (κ3) is 2.38. The SMILES string of the molecule is N#Cc1cnc2c(Cl)cccc2c1N1CCC(N2CCCC2=O)C1. The Hall–Kier alpha value is -2.32. The van der Waals surface area contributed by atoms with Gasteiger partial charge in [0.2, 0.25) is 5.91 Å². The van der Waals surface area contributed by atoms with Gasteiger partial charge in [0.1, 0.15) is 6.07 Å². The molecule has 2 aliphatic rings. The van der Waals surface area contributed by atoms with E-state index >= 15 is 0 Å². The van der Waals surface area contributed by atoms with Crippen molar-refractivity contribution in [3.05, 3.63) is 35.0 Å². The van der Waals surface area contributed by atoms with E-state index in [0.29, 0.717) is 22.5 Å². The Morgan fingerprint density at radius 3 is 2.96 bits per heavy atom. The third-order valence-corrected chi connectivity index (χ3v) is 5.28. The van der Waals surface area contributed by atoms with E-state index in [2.05, 4.69) is 16.0 Å². The molecule has 3 heterocycles. The van der Waals surface area contributed by atoms with E-state index in [1.165, 1.54) is 0 Å². The second kappa shape index (κ2) is 5.95. The van der Waals surface area contributed by atoms with Gasteiger partial charge in [0, 0.05) is 37.6 Å². The van der Waals surface area contributed by atoms with Crippen LogP contribution in [0.4, 0.5) is 5.69 Å². The van der Waals surface area contributed by atoms with Crippen LogP contribution in [-0.2, 0) is 4.79 Å². The number of hydrogen-bond acceptors (Lipinski definition) is 4. The Labute approximate surface area is 145 Å². The van der Waals surface area contributed by atoms with Crippen molar-refractivity contribution in [2.45, 2.75) is 25.3 Å². The maximum absolute atomic E-state index is 12.0. The fourth-order valence-corrected chi connectivity index (χ4v) is 4.07. The Morgan fingerprint density at radius 1 is 1.33 bits per heavy atom. The molecule has 1 unspecified atom stereocenters. The Kier molecular flexibility index (Phi) is 3.78. The quantitative estimate of drug-likeness (QED) is 0.843. The number of hydrogen-bond donors (Lipinski definition) is 0. The molecule has 6 heteroatoms. The van der Waals surface area contributed by atoms with Gasteiger partial charge < -0.3 is 9.80 Å². The number of aromatic nitrogens is 1. The van der Waals surface area contributed by atoms with Crippen molar-refractivity contribution >= 4 is 34.1 Å². The van der Waals surface area contributed by atoms with Crippen molar-refractivity contribution in [3.8, 4) is 6.07 Å². The van der Waals surface area contributed by atoms with E-state index in [0.717, 1.165) is 43.5 Å². The minimum atomic E-state index is 0.231. The third-order valence-electron chi connectivity index (χ3n) is 4.97. The number of likely N-dealkylation sites (tertiary alicyclic amines) is 1. The van der Waals surface area contributed by atoms with Crippen molar-refractivity contribution in [1.29, 1.82) is 5.26 Å². The number of benzene rings is 1. The van der Waals surface area contributed by atoms with Crippen LogP contribution in [0.2, 0.25) is 5.02 Å². The lowest BCUT2D eigenvalue weighted by Gasteiger charge is -2.26. The number of nitriles is 1. The zero-order valence-corrected chi connectivity index (χ0v) is 14.0. The average molecular weight is 341 g/mol. The van der Waals surface area contributed by atoms with E-state index in [-0.39, 0.29) is 11.9 Å². The zero-order valence-electron chi connectivity index (χ0n) is 13.2. The molecule has 0 aliphatic carbocycles. The number of nitrogens with zero attached hydrogens (tertiary/aromatic N) is 4. The molecule has 1 amide bonds. The predicted molar refractivity (Wildman–Crippen MR) is 93.0 cm³/mol. The fourth-order valence-electron chi connectivity index (χ4n) is 3.85. The molecule has 2 aromatic rings. The van der Waals surface area contributed by atoms with E-state index in [4.69, 9.17) is 11.6 Å². The van der Waals surface area contributed by atoms with Crippen LogP contribution in [0.1, 0.15) is 24.8 Å². The summed E-state index contributed by atoms with van der Waals surface area (Å²) in [6.07, 6.45) is 4.14. The van der Waals surface area contributed by atoms with Crippen molar-refractivity contribution < 1.29 is 4.79 Å². The molecule has 0 radical (unpaired) electrons. The summed E-state index contributed by atoms with van der Waals surface area (Å²) in [4.78, 5) is 20.6. The first-order chi connectivity index (χ1) is 11.7. The van der Waals surface area contributed by atoms with Crippen molar-refractivity contribution in [2.75, 3.05) is 24.5 Å². The first kappa shape index (κ1) is 15.2. The Bertz CT molecular complexity index is 860. The summed E-state index contributed by atoms with van der Waals surface area (Å²) in [6, 6.07) is 8.13. The summed E-state index contributed by atoms with van der Waals surface area (Å²) in [5, 5.41) is 11.0. The molecule has 5 nitrogen and oxygen atoms in total.